The molecule has 0 saturated carbocycles. The Morgan fingerprint density at radius 1 is 1.41 bits per heavy atom. The van der Waals surface area contributed by atoms with Gasteiger partial charge in [-0.25, -0.2) is 0 Å². The van der Waals surface area contributed by atoms with Gasteiger partial charge in [0.2, 0.25) is 6.29 Å². The largest absolute Gasteiger partial charge is 0.733 e. The lowest BCUT2D eigenvalue weighted by atomic mass is 10.2. The van der Waals surface area contributed by atoms with Crippen molar-refractivity contribution in [3.63, 3.8) is 0 Å². The molecule has 1 aliphatic heterocycles. The van der Waals surface area contributed by atoms with E-state index in [1.54, 1.807) is 17.2 Å². The van der Waals surface area contributed by atoms with E-state index >= 15 is 0 Å². The second-order valence-electron chi connectivity index (χ2n) is 3.88. The molecular formula is C11H15N2O4-. The van der Waals surface area contributed by atoms with E-state index < -0.39 is 6.29 Å². The number of ether oxygens (including phenoxy) is 1. The van der Waals surface area contributed by atoms with Crippen molar-refractivity contribution in [1.29, 1.82) is 0 Å². The van der Waals surface area contributed by atoms with Gasteiger partial charge in [-0.15, -0.1) is 0 Å². The van der Waals surface area contributed by atoms with Gasteiger partial charge in [0.15, 0.2) is 0 Å². The first kappa shape index (κ1) is 12.3. The summed E-state index contributed by atoms with van der Waals surface area (Å²) in [7, 11) is 1.85. The number of hydroxylamine groups is 2. The molecule has 6 heteroatoms. The zero-order chi connectivity index (χ0) is 12.3. The summed E-state index contributed by atoms with van der Waals surface area (Å²) in [4.78, 5) is 5.55. The molecular weight excluding hydrogens is 224 g/mol. The highest BCUT2D eigenvalue weighted by Crippen LogP contribution is 2.24. The van der Waals surface area contributed by atoms with Gasteiger partial charge in [-0.1, -0.05) is 12.1 Å². The third-order valence-electron chi connectivity index (χ3n) is 2.55. The maximum atomic E-state index is 10.6. The van der Waals surface area contributed by atoms with Gasteiger partial charge in [0.05, 0.1) is 12.3 Å². The fourth-order valence-corrected chi connectivity index (χ4v) is 1.64. The Morgan fingerprint density at radius 2 is 2.12 bits per heavy atom. The molecule has 6 nitrogen and oxygen atoms in total. The Balaban J connectivity index is 2.10. The summed E-state index contributed by atoms with van der Waals surface area (Å²) in [5.41, 5.74) is 0.986. The first-order valence-corrected chi connectivity index (χ1v) is 5.42. The molecule has 1 aromatic rings. The minimum absolute atomic E-state index is 0.176. The summed E-state index contributed by atoms with van der Waals surface area (Å²) in [6.45, 7) is 1.45. The van der Waals surface area contributed by atoms with Crippen LogP contribution in [0.5, 0.6) is 0 Å². The molecule has 1 N–H and O–H groups in total. The third-order valence-corrected chi connectivity index (χ3v) is 2.55. The van der Waals surface area contributed by atoms with Crippen molar-refractivity contribution in [2.75, 3.05) is 25.4 Å². The Labute approximate surface area is 99.4 Å². The Hall–Kier alpha value is -1.18. The zero-order valence-electron chi connectivity index (χ0n) is 9.57. The fourth-order valence-electron chi connectivity index (χ4n) is 1.64. The molecule has 0 radical (unpaired) electrons. The summed E-state index contributed by atoms with van der Waals surface area (Å²) in [6, 6.07) is 6.42. The second-order valence-corrected chi connectivity index (χ2v) is 3.88. The summed E-state index contributed by atoms with van der Waals surface area (Å²) in [5, 5.41) is 20.9. The maximum Gasteiger partial charge on any atom is 0.203 e. The number of hydrogen-bond donors (Lipinski definition) is 1. The first-order chi connectivity index (χ1) is 8.16. The number of rotatable bonds is 2. The van der Waals surface area contributed by atoms with Gasteiger partial charge in [-0.05, 0) is 18.6 Å². The molecule has 1 saturated heterocycles. The van der Waals surface area contributed by atoms with E-state index in [1.807, 2.05) is 7.05 Å². The zero-order valence-corrected chi connectivity index (χ0v) is 9.57. The Kier molecular flexibility index (Phi) is 3.93. The monoisotopic (exact) mass is 239 g/mol. The Bertz CT molecular complexity index is 355. The van der Waals surface area contributed by atoms with E-state index in [-0.39, 0.29) is 10.9 Å². The van der Waals surface area contributed by atoms with Crippen molar-refractivity contribution in [2.45, 2.75) is 12.7 Å². The van der Waals surface area contributed by atoms with Crippen molar-refractivity contribution in [3.8, 4) is 0 Å². The first-order valence-electron chi connectivity index (χ1n) is 5.42. The van der Waals surface area contributed by atoms with Crippen LogP contribution >= 0.6 is 0 Å². The van der Waals surface area contributed by atoms with Gasteiger partial charge in [0.1, 0.15) is 0 Å². The summed E-state index contributed by atoms with van der Waals surface area (Å²) in [6.07, 6.45) is 0.450. The van der Waals surface area contributed by atoms with Crippen molar-refractivity contribution in [1.82, 2.24) is 5.06 Å². The summed E-state index contributed by atoms with van der Waals surface area (Å²) < 4.78 is 5.54. The SMILES string of the molecule is CN1CCCOC(c2ccc(N([O-])O)cc2)O1. The van der Waals surface area contributed by atoms with Crippen LogP contribution < -0.4 is 5.23 Å². The topological polar surface area (TPSA) is 68.2 Å². The van der Waals surface area contributed by atoms with E-state index in [1.165, 1.54) is 12.1 Å². The molecule has 1 aromatic carbocycles. The van der Waals surface area contributed by atoms with Gasteiger partial charge in [-0.3, -0.25) is 10.0 Å². The molecule has 1 unspecified atom stereocenters. The normalized spacial score (nSPS) is 22.2. The van der Waals surface area contributed by atoms with Crippen LogP contribution in [0.15, 0.2) is 24.3 Å². The van der Waals surface area contributed by atoms with Crippen molar-refractivity contribution < 1.29 is 14.8 Å². The smallest absolute Gasteiger partial charge is 0.203 e. The molecule has 1 heterocycles. The van der Waals surface area contributed by atoms with Crippen LogP contribution in [-0.4, -0.2) is 30.5 Å². The van der Waals surface area contributed by atoms with Gasteiger partial charge in [0, 0.05) is 19.2 Å². The number of hydrogen-bond acceptors (Lipinski definition) is 6. The molecule has 0 aromatic heterocycles. The van der Waals surface area contributed by atoms with Crippen LogP contribution in [-0.2, 0) is 9.57 Å². The minimum Gasteiger partial charge on any atom is -0.733 e. The van der Waals surface area contributed by atoms with Gasteiger partial charge in [-0.2, -0.15) is 5.06 Å². The van der Waals surface area contributed by atoms with Crippen molar-refractivity contribution >= 4 is 5.69 Å². The van der Waals surface area contributed by atoms with Crippen LogP contribution in [0, 0.1) is 5.21 Å². The number of nitrogens with zero attached hydrogens (tertiary/aromatic N) is 2. The molecule has 0 amide bonds. The predicted octanol–water partition coefficient (Wildman–Crippen LogP) is 1.66. The minimum atomic E-state index is -0.463. The van der Waals surface area contributed by atoms with E-state index in [9.17, 15) is 5.21 Å². The van der Waals surface area contributed by atoms with E-state index in [2.05, 4.69) is 0 Å². The van der Waals surface area contributed by atoms with Gasteiger partial charge >= 0.3 is 0 Å². The molecule has 1 atom stereocenters. The average molecular weight is 239 g/mol. The maximum absolute atomic E-state index is 10.6. The van der Waals surface area contributed by atoms with Crippen LogP contribution in [0.2, 0.25) is 0 Å². The van der Waals surface area contributed by atoms with Crippen molar-refractivity contribution in [2.24, 2.45) is 0 Å². The number of anilines is 1. The standard InChI is InChI=1S/C11H15N2O4/c1-12-7-2-8-16-11(17-12)9-3-5-10(6-4-9)13(14)15/h3-6,11,14H,2,7-8H2,1H3/q-1. The summed E-state index contributed by atoms with van der Waals surface area (Å²) >= 11 is 0. The lowest BCUT2D eigenvalue weighted by molar-refractivity contribution is -0.256. The Morgan fingerprint density at radius 3 is 2.76 bits per heavy atom. The summed E-state index contributed by atoms with van der Waals surface area (Å²) in [5.74, 6) is 0. The lowest BCUT2D eigenvalue weighted by Gasteiger charge is -2.23. The van der Waals surface area contributed by atoms with E-state index in [4.69, 9.17) is 14.8 Å². The van der Waals surface area contributed by atoms with E-state index in [0.29, 0.717) is 6.61 Å². The molecule has 1 fully saturated rings. The average Bonchev–Trinajstić information content (AvgIpc) is 2.54. The van der Waals surface area contributed by atoms with Gasteiger partial charge < -0.3 is 15.2 Å². The molecule has 2 rings (SSSR count). The van der Waals surface area contributed by atoms with E-state index in [0.717, 1.165) is 18.5 Å². The molecule has 0 spiro atoms. The second kappa shape index (κ2) is 5.44. The quantitative estimate of drug-likeness (QED) is 0.792. The van der Waals surface area contributed by atoms with Crippen LogP contribution in [0.1, 0.15) is 18.3 Å². The number of benzene rings is 1. The molecule has 0 aliphatic carbocycles. The predicted molar refractivity (Wildman–Crippen MR) is 61.1 cm³/mol. The highest BCUT2D eigenvalue weighted by Gasteiger charge is 2.18. The lowest BCUT2D eigenvalue weighted by Crippen LogP contribution is -2.20. The van der Waals surface area contributed by atoms with Gasteiger partial charge in [0.25, 0.3) is 0 Å². The van der Waals surface area contributed by atoms with Crippen LogP contribution in [0.25, 0.3) is 0 Å². The highest BCUT2D eigenvalue weighted by atomic mass is 16.8. The van der Waals surface area contributed by atoms with Crippen LogP contribution in [0.4, 0.5) is 5.69 Å². The van der Waals surface area contributed by atoms with Crippen LogP contribution in [0.3, 0.4) is 0 Å². The molecule has 17 heavy (non-hydrogen) atoms. The molecule has 94 valence electrons. The fraction of sp³-hybridized carbons (Fsp3) is 0.455. The third kappa shape index (κ3) is 3.15. The van der Waals surface area contributed by atoms with Crippen molar-refractivity contribution in [3.05, 3.63) is 35.0 Å². The highest BCUT2D eigenvalue weighted by molar-refractivity contribution is 5.45. The molecule has 1 aliphatic rings. The molecule has 0 bridgehead atoms.